The van der Waals surface area contributed by atoms with Gasteiger partial charge in [-0.25, -0.2) is 4.79 Å². The minimum absolute atomic E-state index is 0.227. The number of carbonyl (C=O) groups is 1. The fraction of sp³-hybridized carbons (Fsp3) is 0.562. The van der Waals surface area contributed by atoms with Gasteiger partial charge in [-0.05, 0) is 18.9 Å². The summed E-state index contributed by atoms with van der Waals surface area (Å²) in [6, 6.07) is 3.27. The Morgan fingerprint density at radius 2 is 1.91 bits per heavy atom. The lowest BCUT2D eigenvalue weighted by Crippen LogP contribution is -2.36. The summed E-state index contributed by atoms with van der Waals surface area (Å²) in [7, 11) is 4.78. The second-order valence-electron chi connectivity index (χ2n) is 5.37. The molecule has 1 heterocycles. The van der Waals surface area contributed by atoms with E-state index in [-0.39, 0.29) is 5.56 Å². The maximum absolute atomic E-state index is 11.5. The fourth-order valence-corrected chi connectivity index (χ4v) is 2.80. The maximum Gasteiger partial charge on any atom is 0.336 e. The molecule has 0 spiro atoms. The molecule has 122 valence electrons. The highest BCUT2D eigenvalue weighted by Crippen LogP contribution is 2.31. The topological polar surface area (TPSA) is 68.2 Å². The van der Waals surface area contributed by atoms with Gasteiger partial charge < -0.3 is 19.3 Å². The van der Waals surface area contributed by atoms with E-state index in [1.807, 2.05) is 0 Å². The van der Waals surface area contributed by atoms with Gasteiger partial charge in [-0.3, -0.25) is 4.90 Å². The zero-order valence-electron chi connectivity index (χ0n) is 13.3. The van der Waals surface area contributed by atoms with Crippen LogP contribution in [0.3, 0.4) is 0 Å². The first-order chi connectivity index (χ1) is 10.6. The smallest absolute Gasteiger partial charge is 0.336 e. The van der Waals surface area contributed by atoms with E-state index >= 15 is 0 Å². The predicted octanol–water partition coefficient (Wildman–Crippen LogP) is 2.01. The largest absolute Gasteiger partial charge is 0.497 e. The number of rotatable bonds is 6. The van der Waals surface area contributed by atoms with Crippen molar-refractivity contribution in [3.63, 3.8) is 0 Å². The molecule has 0 amide bonds. The molecule has 1 fully saturated rings. The molecule has 6 nitrogen and oxygen atoms in total. The van der Waals surface area contributed by atoms with Gasteiger partial charge in [0, 0.05) is 38.4 Å². The molecule has 0 bridgehead atoms. The van der Waals surface area contributed by atoms with Gasteiger partial charge >= 0.3 is 5.97 Å². The molecule has 1 saturated heterocycles. The number of likely N-dealkylation sites (tertiary alicyclic amines) is 1. The van der Waals surface area contributed by atoms with Crippen LogP contribution in [0, 0.1) is 0 Å². The number of carboxylic acids is 1. The molecule has 0 aromatic heterocycles. The Labute approximate surface area is 130 Å². The van der Waals surface area contributed by atoms with E-state index in [1.54, 1.807) is 26.4 Å². The van der Waals surface area contributed by atoms with Gasteiger partial charge in [-0.2, -0.15) is 0 Å². The Morgan fingerprint density at radius 1 is 1.23 bits per heavy atom. The quantitative estimate of drug-likeness (QED) is 0.867. The third kappa shape index (κ3) is 3.69. The van der Waals surface area contributed by atoms with Crippen LogP contribution in [0.2, 0.25) is 0 Å². The van der Waals surface area contributed by atoms with E-state index in [4.69, 9.17) is 14.2 Å². The third-order valence-corrected chi connectivity index (χ3v) is 4.12. The number of hydrogen-bond donors (Lipinski definition) is 1. The molecule has 0 saturated carbocycles. The number of ether oxygens (including phenoxy) is 3. The summed E-state index contributed by atoms with van der Waals surface area (Å²) in [4.78, 5) is 13.8. The Balaban J connectivity index is 2.23. The van der Waals surface area contributed by atoms with Crippen molar-refractivity contribution < 1.29 is 24.1 Å². The number of aromatic carboxylic acids is 1. The second kappa shape index (κ2) is 7.47. The molecule has 0 unspecified atom stereocenters. The highest BCUT2D eigenvalue weighted by Gasteiger charge is 2.23. The lowest BCUT2D eigenvalue weighted by molar-refractivity contribution is 0.0384. The van der Waals surface area contributed by atoms with Crippen molar-refractivity contribution in [2.24, 2.45) is 0 Å². The van der Waals surface area contributed by atoms with E-state index in [0.717, 1.165) is 25.9 Å². The average Bonchev–Trinajstić information content (AvgIpc) is 2.55. The standard InChI is InChI=1S/C16H23NO5/c1-20-11-4-6-17(7-5-11)10-14-13(16(18)19)8-12(21-2)9-15(14)22-3/h8-9,11H,4-7,10H2,1-3H3,(H,18,19). The molecule has 1 aliphatic heterocycles. The Bertz CT molecular complexity index is 524. The summed E-state index contributed by atoms with van der Waals surface area (Å²) < 4.78 is 15.9. The summed E-state index contributed by atoms with van der Waals surface area (Å²) in [5.41, 5.74) is 0.914. The SMILES string of the molecule is COc1cc(OC)c(CN2CCC(OC)CC2)c(C(=O)O)c1. The minimum Gasteiger partial charge on any atom is -0.497 e. The van der Waals surface area contributed by atoms with Crippen LogP contribution >= 0.6 is 0 Å². The average molecular weight is 309 g/mol. The molecule has 22 heavy (non-hydrogen) atoms. The van der Waals surface area contributed by atoms with Crippen LogP contribution in [0.15, 0.2) is 12.1 Å². The van der Waals surface area contributed by atoms with Crippen molar-refractivity contribution in [1.82, 2.24) is 4.90 Å². The highest BCUT2D eigenvalue weighted by molar-refractivity contribution is 5.91. The maximum atomic E-state index is 11.5. The van der Waals surface area contributed by atoms with Crippen molar-refractivity contribution in [1.29, 1.82) is 0 Å². The number of carboxylic acid groups (broad SMARTS) is 1. The summed E-state index contributed by atoms with van der Waals surface area (Å²) >= 11 is 0. The van der Waals surface area contributed by atoms with Gasteiger partial charge in [0.05, 0.1) is 25.9 Å². The van der Waals surface area contributed by atoms with Gasteiger partial charge in [-0.1, -0.05) is 0 Å². The normalized spacial score (nSPS) is 16.5. The third-order valence-electron chi connectivity index (χ3n) is 4.12. The monoisotopic (exact) mass is 309 g/mol. The van der Waals surface area contributed by atoms with Crippen LogP contribution in [-0.4, -0.2) is 56.5 Å². The second-order valence-corrected chi connectivity index (χ2v) is 5.37. The van der Waals surface area contributed by atoms with Crippen molar-refractivity contribution in [2.45, 2.75) is 25.5 Å². The Morgan fingerprint density at radius 3 is 2.41 bits per heavy atom. The Kier molecular flexibility index (Phi) is 5.63. The first-order valence-electron chi connectivity index (χ1n) is 7.32. The predicted molar refractivity (Wildman–Crippen MR) is 81.8 cm³/mol. The first-order valence-corrected chi connectivity index (χ1v) is 7.32. The molecular formula is C16H23NO5. The summed E-state index contributed by atoms with van der Waals surface area (Å²) in [6.45, 7) is 2.31. The van der Waals surface area contributed by atoms with E-state index < -0.39 is 5.97 Å². The van der Waals surface area contributed by atoms with Gasteiger partial charge in [-0.15, -0.1) is 0 Å². The van der Waals surface area contributed by atoms with Gasteiger partial charge in [0.1, 0.15) is 11.5 Å². The highest BCUT2D eigenvalue weighted by atomic mass is 16.5. The van der Waals surface area contributed by atoms with Crippen LogP contribution in [-0.2, 0) is 11.3 Å². The van der Waals surface area contributed by atoms with Crippen molar-refractivity contribution >= 4 is 5.97 Å². The van der Waals surface area contributed by atoms with E-state index in [0.29, 0.717) is 29.7 Å². The van der Waals surface area contributed by atoms with Crippen LogP contribution in [0.25, 0.3) is 0 Å². The number of hydrogen-bond acceptors (Lipinski definition) is 5. The fourth-order valence-electron chi connectivity index (χ4n) is 2.80. The van der Waals surface area contributed by atoms with E-state index in [1.165, 1.54) is 7.11 Å². The number of nitrogens with zero attached hydrogens (tertiary/aromatic N) is 1. The zero-order valence-corrected chi connectivity index (χ0v) is 13.3. The first kappa shape index (κ1) is 16.6. The van der Waals surface area contributed by atoms with E-state index in [2.05, 4.69) is 4.90 Å². The van der Waals surface area contributed by atoms with Crippen molar-refractivity contribution in [3.8, 4) is 11.5 Å². The van der Waals surface area contributed by atoms with Crippen molar-refractivity contribution in [2.75, 3.05) is 34.4 Å². The van der Waals surface area contributed by atoms with Crippen LogP contribution in [0.5, 0.6) is 11.5 Å². The molecule has 6 heteroatoms. The molecule has 0 atom stereocenters. The summed E-state index contributed by atoms with van der Waals surface area (Å²) in [6.07, 6.45) is 2.21. The Hall–Kier alpha value is -1.79. The van der Waals surface area contributed by atoms with Gasteiger partial charge in [0.25, 0.3) is 0 Å². The van der Waals surface area contributed by atoms with Crippen molar-refractivity contribution in [3.05, 3.63) is 23.3 Å². The molecule has 1 N–H and O–H groups in total. The molecule has 2 rings (SSSR count). The summed E-state index contributed by atoms with van der Waals surface area (Å²) in [5, 5.41) is 9.47. The number of methoxy groups -OCH3 is 3. The number of piperidine rings is 1. The molecule has 1 aliphatic rings. The lowest BCUT2D eigenvalue weighted by Gasteiger charge is -2.31. The van der Waals surface area contributed by atoms with E-state index in [9.17, 15) is 9.90 Å². The lowest BCUT2D eigenvalue weighted by atomic mass is 10.0. The molecule has 0 radical (unpaired) electrons. The molecule has 1 aromatic rings. The van der Waals surface area contributed by atoms with Crippen LogP contribution < -0.4 is 9.47 Å². The molecule has 1 aromatic carbocycles. The van der Waals surface area contributed by atoms with Crippen LogP contribution in [0.1, 0.15) is 28.8 Å². The summed E-state index contributed by atoms with van der Waals surface area (Å²) in [5.74, 6) is 0.0562. The minimum atomic E-state index is -0.973. The van der Waals surface area contributed by atoms with Crippen LogP contribution in [0.4, 0.5) is 0 Å². The number of benzene rings is 1. The van der Waals surface area contributed by atoms with Gasteiger partial charge in [0.2, 0.25) is 0 Å². The van der Waals surface area contributed by atoms with Gasteiger partial charge in [0.15, 0.2) is 0 Å². The molecular weight excluding hydrogens is 286 g/mol. The molecule has 0 aliphatic carbocycles. The zero-order chi connectivity index (χ0) is 16.1.